The van der Waals surface area contributed by atoms with Crippen LogP contribution in [-0.4, -0.2) is 28.7 Å². The van der Waals surface area contributed by atoms with Crippen molar-refractivity contribution in [1.29, 1.82) is 5.26 Å². The van der Waals surface area contributed by atoms with Crippen molar-refractivity contribution in [3.05, 3.63) is 0 Å². The molecule has 0 rings (SSSR count). The van der Waals surface area contributed by atoms with Crippen molar-refractivity contribution in [3.8, 4) is 6.07 Å². The van der Waals surface area contributed by atoms with E-state index in [2.05, 4.69) is 11.4 Å². The molecule has 14 heavy (non-hydrogen) atoms. The molecule has 0 bridgehead atoms. The molecule has 2 atom stereocenters. The van der Waals surface area contributed by atoms with Crippen molar-refractivity contribution in [2.45, 2.75) is 32.1 Å². The van der Waals surface area contributed by atoms with Crippen molar-refractivity contribution >= 4 is 23.5 Å². The molecule has 0 heterocycles. The number of rotatable bonds is 5. The predicted molar refractivity (Wildman–Crippen MR) is 55.8 cm³/mol. The molecule has 0 aliphatic heterocycles. The van der Waals surface area contributed by atoms with Crippen LogP contribution in [0.5, 0.6) is 0 Å². The van der Waals surface area contributed by atoms with E-state index in [4.69, 9.17) is 5.26 Å². The van der Waals surface area contributed by atoms with Crippen LogP contribution in [0.15, 0.2) is 0 Å². The lowest BCUT2D eigenvalue weighted by Crippen LogP contribution is -2.40. The maximum atomic E-state index is 11.1. The Morgan fingerprint density at radius 1 is 1.50 bits per heavy atom. The number of hydrogen-bond donors (Lipinski definition) is 1. The quantitative estimate of drug-likeness (QED) is 0.732. The van der Waals surface area contributed by atoms with Crippen LogP contribution in [0.2, 0.25) is 0 Å². The van der Waals surface area contributed by atoms with Gasteiger partial charge in [-0.3, -0.25) is 9.59 Å². The first kappa shape index (κ1) is 13.0. The molecule has 4 nitrogen and oxygen atoms in total. The fourth-order valence-corrected chi connectivity index (χ4v) is 1.66. The zero-order valence-corrected chi connectivity index (χ0v) is 9.35. The van der Waals surface area contributed by atoms with Gasteiger partial charge in [0.15, 0.2) is 5.78 Å². The van der Waals surface area contributed by atoms with Gasteiger partial charge in [0.05, 0.1) is 17.4 Å². The summed E-state index contributed by atoms with van der Waals surface area (Å²) in [6.45, 7) is 4.56. The van der Waals surface area contributed by atoms with E-state index in [1.807, 2.05) is 0 Å². The van der Waals surface area contributed by atoms with Crippen molar-refractivity contribution in [3.63, 3.8) is 0 Å². The van der Waals surface area contributed by atoms with Crippen LogP contribution < -0.4 is 5.32 Å². The summed E-state index contributed by atoms with van der Waals surface area (Å²) in [5.41, 5.74) is 0. The summed E-state index contributed by atoms with van der Waals surface area (Å²) in [7, 11) is 0. The van der Waals surface area contributed by atoms with E-state index in [1.54, 1.807) is 6.92 Å². The number of nitrogens with zero attached hydrogens (tertiary/aromatic N) is 1. The van der Waals surface area contributed by atoms with Crippen LogP contribution in [0.25, 0.3) is 0 Å². The highest BCUT2D eigenvalue weighted by atomic mass is 32.2. The molecule has 0 saturated carbocycles. The number of amides is 1. The summed E-state index contributed by atoms with van der Waals surface area (Å²) < 4.78 is 0. The minimum absolute atomic E-state index is 0.0853. The lowest BCUT2D eigenvalue weighted by atomic mass is 10.2. The van der Waals surface area contributed by atoms with Crippen molar-refractivity contribution in [2.24, 2.45) is 0 Å². The molecule has 1 amide bonds. The van der Waals surface area contributed by atoms with Gasteiger partial charge >= 0.3 is 0 Å². The van der Waals surface area contributed by atoms with Crippen LogP contribution in [0.1, 0.15) is 20.8 Å². The van der Waals surface area contributed by atoms with E-state index >= 15 is 0 Å². The van der Waals surface area contributed by atoms with Gasteiger partial charge in [0, 0.05) is 12.7 Å². The Bertz CT molecular complexity index is 260. The lowest BCUT2D eigenvalue weighted by molar-refractivity contribution is -0.125. The molecule has 0 saturated heterocycles. The molecular formula is C9H14N2O2S. The first-order valence-corrected chi connectivity index (χ1v) is 5.31. The number of ketones is 1. The minimum Gasteiger partial charge on any atom is -0.346 e. The summed E-state index contributed by atoms with van der Waals surface area (Å²) in [5.74, 6) is 0.136. The van der Waals surface area contributed by atoms with Gasteiger partial charge < -0.3 is 5.32 Å². The topological polar surface area (TPSA) is 70.0 Å². The number of hydrogen-bond acceptors (Lipinski definition) is 4. The highest BCUT2D eigenvalue weighted by molar-refractivity contribution is 8.00. The van der Waals surface area contributed by atoms with Crippen molar-refractivity contribution < 1.29 is 9.59 Å². The van der Waals surface area contributed by atoms with Gasteiger partial charge in [0.25, 0.3) is 0 Å². The van der Waals surface area contributed by atoms with Gasteiger partial charge in [-0.2, -0.15) is 5.26 Å². The van der Waals surface area contributed by atoms with E-state index < -0.39 is 6.04 Å². The van der Waals surface area contributed by atoms with Gasteiger partial charge in [-0.15, -0.1) is 11.8 Å². The first-order chi connectivity index (χ1) is 6.47. The Balaban J connectivity index is 4.05. The third kappa shape index (κ3) is 5.60. The normalized spacial score (nSPS) is 13.9. The number of nitriles is 1. The Morgan fingerprint density at radius 3 is 2.43 bits per heavy atom. The number of nitrogens with one attached hydrogen (secondary N) is 1. The minimum atomic E-state index is -0.478. The molecular weight excluding hydrogens is 200 g/mol. The molecule has 0 aliphatic carbocycles. The zero-order valence-electron chi connectivity index (χ0n) is 8.53. The Morgan fingerprint density at radius 2 is 2.07 bits per heavy atom. The molecule has 1 unspecified atom stereocenters. The summed E-state index contributed by atoms with van der Waals surface area (Å²) in [6.07, 6.45) is 0. The average molecular weight is 214 g/mol. The van der Waals surface area contributed by atoms with Crippen LogP contribution in [0, 0.1) is 11.3 Å². The molecule has 78 valence electrons. The predicted octanol–water partition coefficient (Wildman–Crippen LogP) is 0.725. The molecule has 0 aliphatic rings. The van der Waals surface area contributed by atoms with Gasteiger partial charge in [0.1, 0.15) is 0 Å². The van der Waals surface area contributed by atoms with Crippen molar-refractivity contribution in [1.82, 2.24) is 5.32 Å². The Kier molecular flexibility index (Phi) is 5.97. The standard InChI is InChI=1S/C9H14N2O2S/c1-6(4-10)14-5-9(7(2)12)11-8(3)13/h6,9H,5H2,1-3H3,(H,11,13)/t6?,9-/m1/s1. The maximum absolute atomic E-state index is 11.1. The fourth-order valence-electron chi connectivity index (χ4n) is 0.784. The third-order valence-corrected chi connectivity index (χ3v) is 2.69. The molecule has 5 heteroatoms. The highest BCUT2D eigenvalue weighted by Gasteiger charge is 2.16. The van der Waals surface area contributed by atoms with Crippen LogP contribution in [0.3, 0.4) is 0 Å². The average Bonchev–Trinajstić information content (AvgIpc) is 2.10. The second-order valence-electron chi connectivity index (χ2n) is 2.97. The van der Waals surface area contributed by atoms with E-state index in [0.29, 0.717) is 5.75 Å². The second-order valence-corrected chi connectivity index (χ2v) is 4.34. The second kappa shape index (κ2) is 6.44. The van der Waals surface area contributed by atoms with E-state index in [1.165, 1.54) is 25.6 Å². The summed E-state index contributed by atoms with van der Waals surface area (Å²) >= 11 is 1.36. The smallest absolute Gasteiger partial charge is 0.217 e. The number of carbonyl (C=O) groups excluding carboxylic acids is 2. The van der Waals surface area contributed by atoms with Gasteiger partial charge in [-0.05, 0) is 13.8 Å². The largest absolute Gasteiger partial charge is 0.346 e. The van der Waals surface area contributed by atoms with Crippen LogP contribution >= 0.6 is 11.8 Å². The lowest BCUT2D eigenvalue weighted by Gasteiger charge is -2.14. The SMILES string of the molecule is CC(=O)N[C@H](CSC(C)C#N)C(C)=O. The van der Waals surface area contributed by atoms with Gasteiger partial charge in [0.2, 0.25) is 5.91 Å². The Labute approximate surface area is 88.0 Å². The number of Topliss-reactive ketones (excluding diaryl/α,β-unsaturated/α-hetero) is 1. The monoisotopic (exact) mass is 214 g/mol. The molecule has 0 radical (unpaired) electrons. The van der Waals surface area contributed by atoms with Crippen LogP contribution in [0.4, 0.5) is 0 Å². The van der Waals surface area contributed by atoms with E-state index in [0.717, 1.165) is 0 Å². The fraction of sp³-hybridized carbons (Fsp3) is 0.667. The summed E-state index contributed by atoms with van der Waals surface area (Å²) in [6, 6.07) is 1.57. The van der Waals surface area contributed by atoms with E-state index in [9.17, 15) is 9.59 Å². The molecule has 0 aromatic rings. The number of carbonyl (C=O) groups is 2. The summed E-state index contributed by atoms with van der Waals surface area (Å²) in [5, 5.41) is 10.9. The molecule has 0 spiro atoms. The number of thioether (sulfide) groups is 1. The van der Waals surface area contributed by atoms with Gasteiger partial charge in [-0.25, -0.2) is 0 Å². The van der Waals surface area contributed by atoms with E-state index in [-0.39, 0.29) is 16.9 Å². The highest BCUT2D eigenvalue weighted by Crippen LogP contribution is 2.10. The molecule has 0 aromatic carbocycles. The molecule has 0 aromatic heterocycles. The third-order valence-electron chi connectivity index (χ3n) is 1.56. The van der Waals surface area contributed by atoms with Gasteiger partial charge in [-0.1, -0.05) is 0 Å². The Hall–Kier alpha value is -1.02. The molecule has 1 N–H and O–H groups in total. The van der Waals surface area contributed by atoms with Crippen LogP contribution in [-0.2, 0) is 9.59 Å². The maximum Gasteiger partial charge on any atom is 0.217 e. The zero-order chi connectivity index (χ0) is 11.1. The first-order valence-electron chi connectivity index (χ1n) is 4.26. The van der Waals surface area contributed by atoms with Crippen molar-refractivity contribution in [2.75, 3.05) is 5.75 Å². The molecule has 0 fully saturated rings. The summed E-state index contributed by atoms with van der Waals surface area (Å²) in [4.78, 5) is 21.8.